The normalized spacial score (nSPS) is 11.0. The van der Waals surface area contributed by atoms with Crippen LogP contribution in [0.4, 0.5) is 11.4 Å². The Bertz CT molecular complexity index is 1370. The van der Waals surface area contributed by atoms with Gasteiger partial charge in [-0.05, 0) is 52.8 Å². The summed E-state index contributed by atoms with van der Waals surface area (Å²) in [7, 11) is -0.503. The molecular formula is C47H71N2P2V-3. The van der Waals surface area contributed by atoms with Gasteiger partial charge in [-0.2, -0.15) is 17.5 Å². The first-order chi connectivity index (χ1) is 23.9. The van der Waals surface area contributed by atoms with E-state index in [0.29, 0.717) is 22.6 Å². The average molecular weight is 777 g/mol. The molecule has 5 heteroatoms. The number of unbranched alkanes of at least 4 members (excludes halogenated alkanes) is 2. The van der Waals surface area contributed by atoms with E-state index in [1.807, 2.05) is 42.5 Å². The van der Waals surface area contributed by atoms with Crippen LogP contribution in [0.15, 0.2) is 84.9 Å². The van der Waals surface area contributed by atoms with E-state index in [1.54, 1.807) is 6.07 Å². The van der Waals surface area contributed by atoms with E-state index < -0.39 is 0 Å². The van der Waals surface area contributed by atoms with Gasteiger partial charge >= 0.3 is 0 Å². The third-order valence-corrected chi connectivity index (χ3v) is 14.0. The SMILES string of the molecule is CCCCC.Cc1ccc([N-]c2ccc(C)cc2P(C(C)C)C(C)C)c(P(C(C)C)C(C)C)c1.[CH2-]C(C)(C)C.[V].[c-]1cccc(-c2ccccc2)n1. The van der Waals surface area contributed by atoms with Gasteiger partial charge in [-0.25, -0.2) is 0 Å². The van der Waals surface area contributed by atoms with E-state index in [-0.39, 0.29) is 39.8 Å². The predicted molar refractivity (Wildman–Crippen MR) is 237 cm³/mol. The van der Waals surface area contributed by atoms with E-state index in [2.05, 4.69) is 158 Å². The van der Waals surface area contributed by atoms with E-state index in [9.17, 15) is 0 Å². The Balaban J connectivity index is 0.000000918. The number of aromatic nitrogens is 1. The minimum absolute atomic E-state index is 0. The van der Waals surface area contributed by atoms with Gasteiger partial charge in [-0.15, -0.1) is 17.4 Å². The maximum Gasteiger partial charge on any atom is 0 e. The number of rotatable bonds is 11. The van der Waals surface area contributed by atoms with Gasteiger partial charge in [-0.1, -0.05) is 215 Å². The van der Waals surface area contributed by atoms with Crippen molar-refractivity contribution in [1.82, 2.24) is 4.98 Å². The molecule has 0 spiro atoms. The Morgan fingerprint density at radius 2 is 1.06 bits per heavy atom. The smallest absolute Gasteiger partial charge is 0 e. The Morgan fingerprint density at radius 3 is 1.37 bits per heavy atom. The molecule has 0 saturated carbocycles. The zero-order chi connectivity index (χ0) is 38.7. The molecule has 0 saturated heterocycles. The summed E-state index contributed by atoms with van der Waals surface area (Å²) >= 11 is 0. The number of pyridine rings is 1. The van der Waals surface area contributed by atoms with Gasteiger partial charge in [0, 0.05) is 18.6 Å². The van der Waals surface area contributed by atoms with Crippen LogP contribution in [0.25, 0.3) is 16.6 Å². The second kappa shape index (κ2) is 26.0. The first-order valence-electron chi connectivity index (χ1n) is 19.1. The van der Waals surface area contributed by atoms with Crippen molar-refractivity contribution in [1.29, 1.82) is 0 Å². The molecular weight excluding hydrogens is 705 g/mol. The van der Waals surface area contributed by atoms with Crippen molar-refractivity contribution in [2.24, 2.45) is 5.41 Å². The molecule has 1 aromatic heterocycles. The molecule has 2 nitrogen and oxygen atoms in total. The van der Waals surface area contributed by atoms with Crippen LogP contribution in [0.5, 0.6) is 0 Å². The summed E-state index contributed by atoms with van der Waals surface area (Å²) in [6.07, 6.45) is 6.89. The molecule has 1 heterocycles. The molecule has 0 bridgehead atoms. The first-order valence-corrected chi connectivity index (χ1v) is 22.1. The van der Waals surface area contributed by atoms with Crippen LogP contribution in [0.1, 0.15) is 120 Å². The summed E-state index contributed by atoms with van der Waals surface area (Å²) in [5.74, 6) is 0. The Hall–Kier alpha value is -1.95. The minimum Gasteiger partial charge on any atom is -0.657 e. The van der Waals surface area contributed by atoms with Gasteiger partial charge in [0.1, 0.15) is 0 Å². The van der Waals surface area contributed by atoms with Crippen LogP contribution in [-0.4, -0.2) is 27.6 Å². The van der Waals surface area contributed by atoms with Crippen LogP contribution in [0.2, 0.25) is 0 Å². The molecule has 4 rings (SSSR count). The summed E-state index contributed by atoms with van der Waals surface area (Å²) in [5, 5.41) is 8.26. The predicted octanol–water partition coefficient (Wildman–Crippen LogP) is 15.1. The number of benzene rings is 3. The third kappa shape index (κ3) is 19.4. The van der Waals surface area contributed by atoms with Crippen LogP contribution in [0.3, 0.4) is 0 Å². The third-order valence-electron chi connectivity index (χ3n) is 7.67. The molecule has 0 aliphatic heterocycles. The van der Waals surface area contributed by atoms with Crippen molar-refractivity contribution in [3.8, 4) is 11.3 Å². The molecule has 0 N–H and O–H groups in total. The van der Waals surface area contributed by atoms with Crippen molar-refractivity contribution < 1.29 is 18.6 Å². The fourth-order valence-corrected chi connectivity index (χ4v) is 11.8. The van der Waals surface area contributed by atoms with E-state index in [4.69, 9.17) is 5.32 Å². The van der Waals surface area contributed by atoms with E-state index in [1.165, 1.54) is 52.4 Å². The second-order valence-electron chi connectivity index (χ2n) is 15.7. The molecule has 1 radical (unpaired) electrons. The summed E-state index contributed by atoms with van der Waals surface area (Å²) < 4.78 is 0. The fourth-order valence-electron chi connectivity index (χ4n) is 5.75. The van der Waals surface area contributed by atoms with Gasteiger partial charge in [-0.3, -0.25) is 0 Å². The monoisotopic (exact) mass is 776 g/mol. The fraction of sp³-hybridized carbons (Fsp3) is 0.489. The molecule has 287 valence electrons. The quantitative estimate of drug-likeness (QED) is 0.110. The molecule has 52 heavy (non-hydrogen) atoms. The van der Waals surface area contributed by atoms with Crippen molar-refractivity contribution in [3.05, 3.63) is 114 Å². The molecule has 4 aromatic rings. The van der Waals surface area contributed by atoms with E-state index in [0.717, 1.165) is 11.3 Å². The summed E-state index contributed by atoms with van der Waals surface area (Å²) in [5.41, 5.74) is 10.00. The number of aryl methyl sites for hydroxylation is 2. The summed E-state index contributed by atoms with van der Waals surface area (Å²) in [6.45, 7) is 37.8. The Labute approximate surface area is 336 Å². The first kappa shape index (κ1) is 50.1. The zero-order valence-electron chi connectivity index (χ0n) is 35.5. The molecule has 0 fully saturated rings. The molecule has 0 amide bonds. The van der Waals surface area contributed by atoms with Crippen molar-refractivity contribution in [2.75, 3.05) is 0 Å². The largest absolute Gasteiger partial charge is 0.657 e. The summed E-state index contributed by atoms with van der Waals surface area (Å²) in [6, 6.07) is 29.5. The second-order valence-corrected chi connectivity index (χ2v) is 22.4. The molecule has 0 atom stereocenters. The van der Waals surface area contributed by atoms with Gasteiger partial charge in [0.15, 0.2) is 0 Å². The zero-order valence-corrected chi connectivity index (χ0v) is 38.6. The van der Waals surface area contributed by atoms with Crippen LogP contribution in [0, 0.1) is 32.4 Å². The van der Waals surface area contributed by atoms with Crippen molar-refractivity contribution >= 4 is 37.8 Å². The minimum atomic E-state index is -0.251. The Morgan fingerprint density at radius 1 is 0.654 bits per heavy atom. The maximum atomic E-state index is 5.33. The Kier molecular flexibility index (Phi) is 25.0. The summed E-state index contributed by atoms with van der Waals surface area (Å²) in [4.78, 5) is 4.12. The molecule has 3 aromatic carbocycles. The van der Waals surface area contributed by atoms with Gasteiger partial charge in [0.2, 0.25) is 0 Å². The topological polar surface area (TPSA) is 27.0 Å². The molecule has 0 aliphatic rings. The number of nitrogens with zero attached hydrogens (tertiary/aromatic N) is 2. The van der Waals surface area contributed by atoms with Gasteiger partial charge in [0.25, 0.3) is 0 Å². The van der Waals surface area contributed by atoms with E-state index >= 15 is 0 Å². The number of hydrogen-bond donors (Lipinski definition) is 0. The van der Waals surface area contributed by atoms with Crippen molar-refractivity contribution in [3.63, 3.8) is 0 Å². The van der Waals surface area contributed by atoms with Crippen LogP contribution in [-0.2, 0) is 18.6 Å². The molecule has 0 aliphatic carbocycles. The maximum absolute atomic E-state index is 5.33. The van der Waals surface area contributed by atoms with Crippen LogP contribution < -0.4 is 10.6 Å². The average Bonchev–Trinajstić information content (AvgIpc) is 3.04. The molecule has 0 unspecified atom stereocenters. The van der Waals surface area contributed by atoms with Crippen molar-refractivity contribution in [2.45, 2.75) is 146 Å². The van der Waals surface area contributed by atoms with Crippen LogP contribution >= 0.6 is 15.8 Å². The van der Waals surface area contributed by atoms with Gasteiger partial charge < -0.3 is 17.2 Å². The number of hydrogen-bond acceptors (Lipinski definition) is 1. The standard InChI is InChI=1S/C26H40NP2.C11H8N.C5H11.C5H12.V/c1-17(2)28(18(3)4)25-15-21(9)11-13-23(25)27-24-14-12-22(10)16-26(24)29(19(5)6)20(7)8;1-2-6-10(7-3-1)11-8-4-5-9-12-11;1-5(2,3)4;1-3-5-4-2;/h11-20H,1-10H3;1-8H;1H2,2-4H3;3-5H2,1-2H3;/q3*-1;;. The van der Waals surface area contributed by atoms with Gasteiger partial charge in [0.05, 0.1) is 0 Å².